The van der Waals surface area contributed by atoms with Crippen LogP contribution in [0.15, 0.2) is 35.7 Å². The minimum absolute atomic E-state index is 0.00503. The molecule has 49 heavy (non-hydrogen) atoms. The summed E-state index contributed by atoms with van der Waals surface area (Å²) >= 11 is 1.40. The second kappa shape index (κ2) is 15.2. The monoisotopic (exact) mass is 698 g/mol. The number of Topliss-reactive ketones (excluding diaryl/α,β-unsaturated/α-hetero) is 1. The molecule has 1 unspecified atom stereocenters. The smallest absolute Gasteiger partial charge is 0.266 e. The number of morpholine rings is 1. The molecule has 4 heterocycles. The molecule has 13 nitrogen and oxygen atoms in total. The molecule has 3 aliphatic heterocycles. The number of carbonyl (C=O) groups is 5. The van der Waals surface area contributed by atoms with E-state index in [1.54, 1.807) is 5.38 Å². The maximum absolute atomic E-state index is 14.8. The van der Waals surface area contributed by atoms with Crippen LogP contribution in [0, 0.1) is 11.6 Å². The summed E-state index contributed by atoms with van der Waals surface area (Å²) in [5, 5.41) is 4.66. The third-order valence-electron chi connectivity index (χ3n) is 8.14. The van der Waals surface area contributed by atoms with Gasteiger partial charge >= 0.3 is 0 Å². The molecule has 1 aromatic heterocycles. The molecule has 2 saturated heterocycles. The van der Waals surface area contributed by atoms with Gasteiger partial charge in [0.05, 0.1) is 36.6 Å². The number of fused-ring (bicyclic) bond motifs is 1. The molecule has 1 atom stereocenters. The van der Waals surface area contributed by atoms with Crippen LogP contribution in [0.1, 0.15) is 46.4 Å². The summed E-state index contributed by atoms with van der Waals surface area (Å²) in [7, 11) is 0. The number of amides is 4. The lowest BCUT2D eigenvalue weighted by Gasteiger charge is -2.27. The average Bonchev–Trinajstić information content (AvgIpc) is 3.69. The Morgan fingerprint density at radius 1 is 1.00 bits per heavy atom. The van der Waals surface area contributed by atoms with Crippen LogP contribution in [0.25, 0.3) is 11.3 Å². The van der Waals surface area contributed by atoms with Gasteiger partial charge in [-0.1, -0.05) is 6.07 Å². The zero-order valence-electron chi connectivity index (χ0n) is 26.2. The van der Waals surface area contributed by atoms with Gasteiger partial charge in [-0.3, -0.25) is 34.2 Å². The first-order chi connectivity index (χ1) is 23.7. The van der Waals surface area contributed by atoms with Gasteiger partial charge in [0.15, 0.2) is 22.5 Å². The van der Waals surface area contributed by atoms with Gasteiger partial charge in [0.25, 0.3) is 11.8 Å². The lowest BCUT2D eigenvalue weighted by molar-refractivity contribution is -0.136. The van der Waals surface area contributed by atoms with Crippen molar-refractivity contribution in [3.05, 3.63) is 58.5 Å². The predicted octanol–water partition coefficient (Wildman–Crippen LogP) is 3.15. The highest BCUT2D eigenvalue weighted by molar-refractivity contribution is 7.14. The van der Waals surface area contributed by atoms with Crippen LogP contribution >= 0.6 is 11.3 Å². The topological polar surface area (TPSA) is 154 Å². The summed E-state index contributed by atoms with van der Waals surface area (Å²) in [6.07, 6.45) is 0.432. The highest BCUT2D eigenvalue weighted by atomic mass is 32.1. The van der Waals surface area contributed by atoms with Gasteiger partial charge in [-0.2, -0.15) is 4.39 Å². The highest BCUT2D eigenvalue weighted by Gasteiger charge is 2.46. The van der Waals surface area contributed by atoms with Crippen LogP contribution < -0.4 is 19.7 Å². The number of ketones is 1. The Kier molecular flexibility index (Phi) is 10.6. The molecule has 2 aromatic carbocycles. The first-order valence-electron chi connectivity index (χ1n) is 15.7. The molecule has 1 N–H and O–H groups in total. The van der Waals surface area contributed by atoms with Crippen LogP contribution in [-0.2, 0) is 23.9 Å². The number of nitrogens with zero attached hydrogens (tertiary/aromatic N) is 3. The summed E-state index contributed by atoms with van der Waals surface area (Å²) in [4.78, 5) is 70.0. The fourth-order valence-electron chi connectivity index (χ4n) is 5.67. The van der Waals surface area contributed by atoms with E-state index in [9.17, 15) is 32.8 Å². The molecule has 16 heteroatoms. The second-order valence-corrected chi connectivity index (χ2v) is 12.2. The highest BCUT2D eigenvalue weighted by Crippen LogP contribution is 2.37. The largest absolute Gasteiger partial charge is 0.487 e. The Balaban J connectivity index is 0.947. The molecule has 0 saturated carbocycles. The number of hydrogen-bond donors (Lipinski definition) is 1. The van der Waals surface area contributed by atoms with E-state index in [-0.39, 0.29) is 74.1 Å². The van der Waals surface area contributed by atoms with Gasteiger partial charge < -0.3 is 23.8 Å². The van der Waals surface area contributed by atoms with Crippen molar-refractivity contribution in [1.29, 1.82) is 0 Å². The van der Waals surface area contributed by atoms with Gasteiger partial charge in [0.1, 0.15) is 25.0 Å². The maximum Gasteiger partial charge on any atom is 0.266 e. The Morgan fingerprint density at radius 2 is 1.82 bits per heavy atom. The van der Waals surface area contributed by atoms with Gasteiger partial charge in [-0.15, -0.1) is 11.3 Å². The third kappa shape index (κ3) is 7.45. The van der Waals surface area contributed by atoms with E-state index < -0.39 is 41.3 Å². The van der Waals surface area contributed by atoms with Gasteiger partial charge in [0.2, 0.25) is 17.6 Å². The Morgan fingerprint density at radius 3 is 2.61 bits per heavy atom. The van der Waals surface area contributed by atoms with Gasteiger partial charge in [-0.25, -0.2) is 9.37 Å². The minimum Gasteiger partial charge on any atom is -0.487 e. The van der Waals surface area contributed by atoms with Crippen molar-refractivity contribution in [3.63, 3.8) is 0 Å². The van der Waals surface area contributed by atoms with E-state index in [4.69, 9.17) is 18.9 Å². The predicted molar refractivity (Wildman–Crippen MR) is 170 cm³/mol. The summed E-state index contributed by atoms with van der Waals surface area (Å²) in [5.41, 5.74) is 0.785. The van der Waals surface area contributed by atoms with Crippen LogP contribution in [0.4, 0.5) is 13.9 Å². The summed E-state index contributed by atoms with van der Waals surface area (Å²) in [6.45, 7) is 2.34. The molecule has 0 aliphatic carbocycles. The van der Waals surface area contributed by atoms with Crippen molar-refractivity contribution >= 4 is 45.9 Å². The summed E-state index contributed by atoms with van der Waals surface area (Å²) < 4.78 is 51.0. The number of anilines is 1. The van der Waals surface area contributed by atoms with E-state index >= 15 is 0 Å². The van der Waals surface area contributed by atoms with Crippen LogP contribution in [-0.4, -0.2) is 98.1 Å². The molecule has 3 aliphatic rings. The van der Waals surface area contributed by atoms with E-state index in [2.05, 4.69) is 15.2 Å². The zero-order valence-corrected chi connectivity index (χ0v) is 27.0. The number of rotatable bonds is 14. The molecule has 4 amide bonds. The number of nitrogens with one attached hydrogen (secondary N) is 1. The standard InChI is InChI=1S/C33H32F2N4O9S/c34-22-7-6-20(23-18-49-33(36-23)38-10-13-46-14-11-38)29(28(22)35)47-16-15-45-12-2-3-19(40)17-48-25-5-1-4-21-27(25)32(44)39(31(21)43)24-8-9-26(41)37-30(24)42/h1,4-7,18,24H,2-3,8-17H2,(H,37,41,42). The molecule has 0 spiro atoms. The van der Waals surface area contributed by atoms with Crippen molar-refractivity contribution in [1.82, 2.24) is 15.2 Å². The van der Waals surface area contributed by atoms with E-state index in [0.717, 1.165) is 16.1 Å². The number of ether oxygens (including phenoxy) is 4. The van der Waals surface area contributed by atoms with Crippen LogP contribution in [0.2, 0.25) is 0 Å². The first kappa shape index (κ1) is 34.1. The molecule has 6 rings (SSSR count). The number of thiazole rings is 1. The molecule has 258 valence electrons. The number of piperidine rings is 1. The lowest BCUT2D eigenvalue weighted by atomic mass is 10.0. The first-order valence-corrected chi connectivity index (χ1v) is 16.6. The number of aromatic nitrogens is 1. The second-order valence-electron chi connectivity index (χ2n) is 11.4. The number of halogens is 2. The van der Waals surface area contributed by atoms with E-state index in [1.807, 2.05) is 0 Å². The number of carbonyl (C=O) groups excluding carboxylic acids is 5. The quantitative estimate of drug-likeness (QED) is 0.195. The zero-order chi connectivity index (χ0) is 34.5. The van der Waals surface area contributed by atoms with Crippen molar-refractivity contribution < 1.29 is 51.7 Å². The molecular weight excluding hydrogens is 666 g/mol. The fraction of sp³-hybridized carbons (Fsp3) is 0.394. The molecule has 3 aromatic rings. The van der Waals surface area contributed by atoms with Crippen LogP contribution in [0.5, 0.6) is 11.5 Å². The van der Waals surface area contributed by atoms with Gasteiger partial charge in [0, 0.05) is 43.5 Å². The Bertz CT molecular complexity index is 1780. The maximum atomic E-state index is 14.8. The summed E-state index contributed by atoms with van der Waals surface area (Å²) in [6, 6.07) is 5.73. The minimum atomic E-state index is -1.12. The SMILES string of the molecule is O=C(CCCOCCOc1c(-c2csc(N3CCOCC3)n2)ccc(F)c1F)COc1cccc2c1C(=O)N(C1CCC(=O)NC1=O)C2=O. The molecule has 0 radical (unpaired) electrons. The lowest BCUT2D eigenvalue weighted by Crippen LogP contribution is -2.54. The number of hydrogen-bond acceptors (Lipinski definition) is 12. The number of imide groups is 2. The Labute approximate surface area is 283 Å². The van der Waals surface area contributed by atoms with Gasteiger partial charge in [-0.05, 0) is 37.1 Å². The fourth-order valence-corrected chi connectivity index (χ4v) is 6.55. The average molecular weight is 699 g/mol. The molecular formula is C33H32F2N4O9S. The molecule has 0 bridgehead atoms. The summed E-state index contributed by atoms with van der Waals surface area (Å²) in [5.74, 6) is -5.30. The van der Waals surface area contributed by atoms with E-state index in [1.165, 1.54) is 35.6 Å². The van der Waals surface area contributed by atoms with Crippen molar-refractivity contribution in [2.24, 2.45) is 0 Å². The van der Waals surface area contributed by atoms with Crippen molar-refractivity contribution in [2.45, 2.75) is 31.7 Å². The molecule has 2 fully saturated rings. The van der Waals surface area contributed by atoms with Crippen molar-refractivity contribution in [2.75, 3.05) is 57.6 Å². The van der Waals surface area contributed by atoms with Crippen LogP contribution in [0.3, 0.4) is 0 Å². The third-order valence-corrected chi connectivity index (χ3v) is 9.04. The van der Waals surface area contributed by atoms with E-state index in [0.29, 0.717) is 44.0 Å². The Hall–Kier alpha value is -4.80. The normalized spacial score (nSPS) is 17.7. The number of benzene rings is 2. The van der Waals surface area contributed by atoms with Crippen molar-refractivity contribution in [3.8, 4) is 22.8 Å².